The third-order valence-corrected chi connectivity index (χ3v) is 4.80. The summed E-state index contributed by atoms with van der Waals surface area (Å²) >= 11 is 0. The Balaban J connectivity index is 1.82. The number of carbonyl (C=O) groups excluding carboxylic acids is 2. The number of rotatable bonds is 6. The number of amides is 2. The molecule has 0 unspecified atom stereocenters. The van der Waals surface area contributed by atoms with E-state index in [0.717, 1.165) is 12.1 Å². The summed E-state index contributed by atoms with van der Waals surface area (Å²) in [5.41, 5.74) is 1.61. The summed E-state index contributed by atoms with van der Waals surface area (Å²) in [5, 5.41) is 14.9. The lowest BCUT2D eigenvalue weighted by atomic mass is 10.1. The van der Waals surface area contributed by atoms with E-state index in [1.165, 1.54) is 0 Å². The number of ether oxygens (including phenoxy) is 1. The Bertz CT molecular complexity index is 938. The van der Waals surface area contributed by atoms with Crippen LogP contribution in [0.15, 0.2) is 48.5 Å². The van der Waals surface area contributed by atoms with Crippen LogP contribution in [0.4, 0.5) is 11.4 Å². The van der Waals surface area contributed by atoms with E-state index >= 15 is 0 Å². The first-order valence-corrected chi connectivity index (χ1v) is 9.65. The van der Waals surface area contributed by atoms with Crippen molar-refractivity contribution in [3.63, 3.8) is 0 Å². The van der Waals surface area contributed by atoms with Gasteiger partial charge in [0.15, 0.2) is 6.10 Å². The second-order valence-electron chi connectivity index (χ2n) is 6.84. The molecule has 1 aliphatic rings. The fourth-order valence-electron chi connectivity index (χ4n) is 3.20. The van der Waals surface area contributed by atoms with E-state index in [1.807, 2.05) is 30.0 Å². The van der Waals surface area contributed by atoms with Crippen LogP contribution in [0.3, 0.4) is 0 Å². The molecule has 2 atom stereocenters. The smallest absolute Gasteiger partial charge is 0.262 e. The molecule has 0 bridgehead atoms. The minimum atomic E-state index is -0.710. The Hall–Kier alpha value is -3.53. The molecule has 7 nitrogen and oxygen atoms in total. The number of hydrogen-bond acceptors (Lipinski definition) is 5. The number of hydrogen-bond donors (Lipinski definition) is 2. The van der Waals surface area contributed by atoms with E-state index in [-0.39, 0.29) is 18.4 Å². The number of carbonyl (C=O) groups is 2. The molecule has 3 rings (SSSR count). The molecule has 0 aliphatic carbocycles. The molecule has 150 valence electrons. The Morgan fingerprint density at radius 1 is 1.24 bits per heavy atom. The van der Waals surface area contributed by atoms with Crippen LogP contribution >= 0.6 is 0 Å². The monoisotopic (exact) mass is 392 g/mol. The third-order valence-electron chi connectivity index (χ3n) is 4.80. The lowest BCUT2D eigenvalue weighted by Crippen LogP contribution is -2.54. The second kappa shape index (κ2) is 9.11. The van der Waals surface area contributed by atoms with Gasteiger partial charge >= 0.3 is 0 Å². The number of fused-ring (bicyclic) bond motifs is 1. The van der Waals surface area contributed by atoms with Crippen molar-refractivity contribution in [3.8, 4) is 11.8 Å². The second-order valence-corrected chi connectivity index (χ2v) is 6.84. The van der Waals surface area contributed by atoms with Crippen molar-refractivity contribution in [2.24, 2.45) is 0 Å². The van der Waals surface area contributed by atoms with Gasteiger partial charge in [-0.15, -0.1) is 0 Å². The molecule has 29 heavy (non-hydrogen) atoms. The van der Waals surface area contributed by atoms with Crippen LogP contribution in [-0.2, 0) is 9.59 Å². The minimum Gasteiger partial charge on any atom is -0.477 e. The molecule has 2 aromatic rings. The zero-order valence-electron chi connectivity index (χ0n) is 16.5. The van der Waals surface area contributed by atoms with Crippen LogP contribution in [0.2, 0.25) is 0 Å². The van der Waals surface area contributed by atoms with Crippen molar-refractivity contribution >= 4 is 23.2 Å². The van der Waals surface area contributed by atoms with Gasteiger partial charge in [0.25, 0.3) is 5.91 Å². The van der Waals surface area contributed by atoms with Crippen LogP contribution < -0.4 is 20.3 Å². The highest BCUT2D eigenvalue weighted by Gasteiger charge is 2.35. The van der Waals surface area contributed by atoms with E-state index in [9.17, 15) is 14.9 Å². The average molecular weight is 392 g/mol. The van der Waals surface area contributed by atoms with Crippen LogP contribution in [-0.4, -0.2) is 37.0 Å². The van der Waals surface area contributed by atoms with Crippen molar-refractivity contribution in [3.05, 3.63) is 54.1 Å². The zero-order chi connectivity index (χ0) is 20.8. The van der Waals surface area contributed by atoms with Crippen LogP contribution in [0, 0.1) is 11.3 Å². The summed E-state index contributed by atoms with van der Waals surface area (Å²) < 4.78 is 5.88. The van der Waals surface area contributed by atoms with Crippen molar-refractivity contribution in [2.45, 2.75) is 32.4 Å². The van der Waals surface area contributed by atoms with Crippen LogP contribution in [0.1, 0.15) is 25.8 Å². The highest BCUT2D eigenvalue weighted by atomic mass is 16.5. The molecule has 0 aromatic heterocycles. The van der Waals surface area contributed by atoms with Gasteiger partial charge in [-0.1, -0.05) is 31.2 Å². The number of nitrogens with one attached hydrogen (secondary N) is 2. The largest absolute Gasteiger partial charge is 0.477 e. The zero-order valence-corrected chi connectivity index (χ0v) is 16.5. The van der Waals surface area contributed by atoms with Gasteiger partial charge in [-0.25, -0.2) is 0 Å². The van der Waals surface area contributed by atoms with E-state index in [2.05, 4.69) is 16.7 Å². The van der Waals surface area contributed by atoms with Crippen molar-refractivity contribution in [2.75, 3.05) is 23.3 Å². The van der Waals surface area contributed by atoms with Gasteiger partial charge in [0, 0.05) is 6.54 Å². The fraction of sp³-hybridized carbons (Fsp3) is 0.318. The Labute approximate surface area is 170 Å². The number of anilines is 2. The number of nitriles is 1. The van der Waals surface area contributed by atoms with E-state index in [1.54, 1.807) is 37.3 Å². The predicted molar refractivity (Wildman–Crippen MR) is 111 cm³/mol. The average Bonchev–Trinajstić information content (AvgIpc) is 2.76. The topological polar surface area (TPSA) is 94.5 Å². The van der Waals surface area contributed by atoms with Crippen molar-refractivity contribution < 1.29 is 14.3 Å². The summed E-state index contributed by atoms with van der Waals surface area (Å²) in [6.45, 7) is 4.57. The van der Waals surface area contributed by atoms with Gasteiger partial charge in [-0.2, -0.15) is 5.26 Å². The quantitative estimate of drug-likeness (QED) is 0.788. The highest BCUT2D eigenvalue weighted by Crippen LogP contribution is 2.34. The number of nitrogens with zero attached hydrogens (tertiary/aromatic N) is 2. The summed E-state index contributed by atoms with van der Waals surface area (Å²) in [6, 6.07) is 15.7. The van der Waals surface area contributed by atoms with Gasteiger partial charge in [0.1, 0.15) is 17.9 Å². The standard InChI is InChI=1S/C22H24N4O3/c1-3-12-24-22(28)20-14-26(18-10-6-7-11-19(18)29-20)15(2)21(27)25-17-9-5-4-8-16(17)13-23/h4-11,15,20H,3,12,14H2,1-2H3,(H,24,28)(H,25,27)/t15-,20+/m0/s1. The van der Waals surface area contributed by atoms with Gasteiger partial charge in [-0.05, 0) is 37.6 Å². The molecule has 0 radical (unpaired) electrons. The first-order valence-electron chi connectivity index (χ1n) is 9.65. The van der Waals surface area contributed by atoms with Crippen molar-refractivity contribution in [1.29, 1.82) is 5.26 Å². The molecule has 2 N–H and O–H groups in total. The Morgan fingerprint density at radius 2 is 1.97 bits per heavy atom. The molecule has 1 aliphatic heterocycles. The third kappa shape index (κ3) is 4.49. The SMILES string of the molecule is CCCNC(=O)[C@H]1CN([C@@H](C)C(=O)Nc2ccccc2C#N)c2ccccc2O1. The number of para-hydroxylation sites is 3. The molecule has 0 saturated carbocycles. The minimum absolute atomic E-state index is 0.200. The first-order chi connectivity index (χ1) is 14.0. The van der Waals surface area contributed by atoms with Crippen LogP contribution in [0.25, 0.3) is 0 Å². The maximum Gasteiger partial charge on any atom is 0.262 e. The maximum atomic E-state index is 12.9. The molecule has 0 fully saturated rings. The van der Waals surface area contributed by atoms with E-state index in [0.29, 0.717) is 23.5 Å². The molecule has 7 heteroatoms. The molecular weight excluding hydrogens is 368 g/mol. The van der Waals surface area contributed by atoms with Crippen LogP contribution in [0.5, 0.6) is 5.75 Å². The Morgan fingerprint density at radius 3 is 2.72 bits per heavy atom. The highest BCUT2D eigenvalue weighted by molar-refractivity contribution is 5.98. The lowest BCUT2D eigenvalue weighted by Gasteiger charge is -2.38. The summed E-state index contributed by atoms with van der Waals surface area (Å²) in [5.74, 6) is 0.0957. The predicted octanol–water partition coefficient (Wildman–Crippen LogP) is 2.68. The normalized spacial score (nSPS) is 16.0. The summed E-state index contributed by atoms with van der Waals surface area (Å²) in [4.78, 5) is 27.3. The first kappa shape index (κ1) is 20.2. The molecule has 0 spiro atoms. The van der Waals surface area contributed by atoms with E-state index in [4.69, 9.17) is 4.74 Å². The Kier molecular flexibility index (Phi) is 6.35. The van der Waals surface area contributed by atoms with Gasteiger partial charge in [0.05, 0.1) is 23.5 Å². The van der Waals surface area contributed by atoms with Crippen molar-refractivity contribution in [1.82, 2.24) is 5.32 Å². The summed E-state index contributed by atoms with van der Waals surface area (Å²) in [7, 11) is 0. The van der Waals surface area contributed by atoms with Gasteiger partial charge < -0.3 is 20.3 Å². The van der Waals surface area contributed by atoms with Gasteiger partial charge in [-0.3, -0.25) is 9.59 Å². The maximum absolute atomic E-state index is 12.9. The molecular formula is C22H24N4O3. The lowest BCUT2D eigenvalue weighted by molar-refractivity contribution is -0.128. The molecule has 1 heterocycles. The van der Waals surface area contributed by atoms with Gasteiger partial charge in [0.2, 0.25) is 5.91 Å². The molecule has 2 aromatic carbocycles. The van der Waals surface area contributed by atoms with E-state index < -0.39 is 12.1 Å². The number of benzene rings is 2. The summed E-state index contributed by atoms with van der Waals surface area (Å²) in [6.07, 6.45) is 0.119. The molecule has 2 amide bonds. The molecule has 0 saturated heterocycles. The fourth-order valence-corrected chi connectivity index (χ4v) is 3.20.